The molecule has 1 atom stereocenters. The van der Waals surface area contributed by atoms with Crippen LogP contribution in [0.5, 0.6) is 0 Å². The van der Waals surface area contributed by atoms with Crippen molar-refractivity contribution >= 4 is 11.6 Å². The molecule has 21 heavy (non-hydrogen) atoms. The fourth-order valence-electron chi connectivity index (χ4n) is 2.46. The minimum Gasteiger partial charge on any atom is -0.384 e. The standard InChI is InChI=1S/C16H18N4O/c1-11-7-18-14(9-17-11)10-20-16(21)13-6-12-4-2-3-5-15(12)19-8-13/h2-5,7,9,13,19H,6,8,10H2,1H3,(H,20,21). The summed E-state index contributed by atoms with van der Waals surface area (Å²) in [6.45, 7) is 2.98. The van der Waals surface area contributed by atoms with Crippen molar-refractivity contribution in [3.05, 3.63) is 53.6 Å². The molecule has 2 heterocycles. The number of nitrogens with zero attached hydrogens (tertiary/aromatic N) is 2. The van der Waals surface area contributed by atoms with E-state index in [0.717, 1.165) is 23.5 Å². The summed E-state index contributed by atoms with van der Waals surface area (Å²) < 4.78 is 0. The van der Waals surface area contributed by atoms with Gasteiger partial charge in [0.25, 0.3) is 0 Å². The maximum absolute atomic E-state index is 12.2. The number of aromatic nitrogens is 2. The van der Waals surface area contributed by atoms with Gasteiger partial charge in [0.2, 0.25) is 5.91 Å². The van der Waals surface area contributed by atoms with Crippen molar-refractivity contribution in [1.29, 1.82) is 0 Å². The van der Waals surface area contributed by atoms with Gasteiger partial charge < -0.3 is 10.6 Å². The van der Waals surface area contributed by atoms with Crippen molar-refractivity contribution < 1.29 is 4.79 Å². The Hall–Kier alpha value is -2.43. The van der Waals surface area contributed by atoms with Gasteiger partial charge in [-0.25, -0.2) is 0 Å². The van der Waals surface area contributed by atoms with Crippen LogP contribution in [0, 0.1) is 12.8 Å². The molecule has 0 saturated carbocycles. The lowest BCUT2D eigenvalue weighted by Crippen LogP contribution is -2.38. The molecule has 1 aromatic carbocycles. The molecule has 2 aromatic rings. The highest BCUT2D eigenvalue weighted by Gasteiger charge is 2.23. The topological polar surface area (TPSA) is 66.9 Å². The second-order valence-electron chi connectivity index (χ2n) is 5.31. The Morgan fingerprint density at radius 2 is 2.19 bits per heavy atom. The number of fused-ring (bicyclic) bond motifs is 1. The number of aryl methyl sites for hydroxylation is 1. The third-order valence-corrected chi connectivity index (χ3v) is 3.67. The van der Waals surface area contributed by atoms with E-state index in [9.17, 15) is 4.79 Å². The third-order valence-electron chi connectivity index (χ3n) is 3.67. The van der Waals surface area contributed by atoms with Gasteiger partial charge in [-0.1, -0.05) is 18.2 Å². The molecule has 0 spiro atoms. The second kappa shape index (κ2) is 5.91. The van der Waals surface area contributed by atoms with E-state index in [1.54, 1.807) is 12.4 Å². The number of rotatable bonds is 3. The van der Waals surface area contributed by atoms with Gasteiger partial charge in [0, 0.05) is 18.4 Å². The molecule has 1 aliphatic heterocycles. The maximum atomic E-state index is 12.2. The van der Waals surface area contributed by atoms with Crippen LogP contribution in [-0.4, -0.2) is 22.4 Å². The van der Waals surface area contributed by atoms with E-state index in [1.807, 2.05) is 25.1 Å². The van der Waals surface area contributed by atoms with Crippen molar-refractivity contribution in [2.75, 3.05) is 11.9 Å². The number of hydrogen-bond donors (Lipinski definition) is 2. The van der Waals surface area contributed by atoms with E-state index in [-0.39, 0.29) is 11.8 Å². The lowest BCUT2D eigenvalue weighted by molar-refractivity contribution is -0.124. The molecule has 5 heteroatoms. The SMILES string of the molecule is Cc1cnc(CNC(=O)C2CNc3ccccc3C2)cn1. The molecule has 0 saturated heterocycles. The molecule has 1 aliphatic rings. The molecule has 1 unspecified atom stereocenters. The predicted molar refractivity (Wildman–Crippen MR) is 80.7 cm³/mol. The first kappa shape index (κ1) is 13.5. The fourth-order valence-corrected chi connectivity index (χ4v) is 2.46. The summed E-state index contributed by atoms with van der Waals surface area (Å²) in [4.78, 5) is 20.7. The zero-order valence-corrected chi connectivity index (χ0v) is 12.0. The first-order valence-electron chi connectivity index (χ1n) is 7.09. The fraction of sp³-hybridized carbons (Fsp3) is 0.312. The molecule has 3 rings (SSSR count). The lowest BCUT2D eigenvalue weighted by atomic mass is 9.93. The smallest absolute Gasteiger partial charge is 0.225 e. The third kappa shape index (κ3) is 3.18. The molecule has 0 radical (unpaired) electrons. The molecule has 2 N–H and O–H groups in total. The van der Waals surface area contributed by atoms with Gasteiger partial charge in [-0.15, -0.1) is 0 Å². The summed E-state index contributed by atoms with van der Waals surface area (Å²) in [7, 11) is 0. The van der Waals surface area contributed by atoms with E-state index in [1.165, 1.54) is 5.56 Å². The Morgan fingerprint density at radius 1 is 1.33 bits per heavy atom. The van der Waals surface area contributed by atoms with Gasteiger partial charge in [-0.05, 0) is 25.0 Å². The average molecular weight is 282 g/mol. The molecule has 5 nitrogen and oxygen atoms in total. The van der Waals surface area contributed by atoms with Gasteiger partial charge >= 0.3 is 0 Å². The first-order chi connectivity index (χ1) is 10.2. The Morgan fingerprint density at radius 3 is 3.00 bits per heavy atom. The van der Waals surface area contributed by atoms with Gasteiger partial charge in [-0.3, -0.25) is 14.8 Å². The quantitative estimate of drug-likeness (QED) is 0.899. The molecule has 0 aliphatic carbocycles. The van der Waals surface area contributed by atoms with Crippen LogP contribution in [0.4, 0.5) is 5.69 Å². The number of carbonyl (C=O) groups is 1. The van der Waals surface area contributed by atoms with Crippen LogP contribution in [0.3, 0.4) is 0 Å². The van der Waals surface area contributed by atoms with Crippen LogP contribution < -0.4 is 10.6 Å². The Kier molecular flexibility index (Phi) is 3.81. The summed E-state index contributed by atoms with van der Waals surface area (Å²) >= 11 is 0. The highest BCUT2D eigenvalue weighted by molar-refractivity contribution is 5.80. The Balaban J connectivity index is 1.58. The van der Waals surface area contributed by atoms with Gasteiger partial charge in [0.05, 0.1) is 30.0 Å². The lowest BCUT2D eigenvalue weighted by Gasteiger charge is -2.25. The number of carbonyl (C=O) groups excluding carboxylic acids is 1. The van der Waals surface area contributed by atoms with Crippen molar-refractivity contribution in [3.63, 3.8) is 0 Å². The van der Waals surface area contributed by atoms with E-state index >= 15 is 0 Å². The van der Waals surface area contributed by atoms with Gasteiger partial charge in [0.1, 0.15) is 0 Å². The van der Waals surface area contributed by atoms with E-state index in [2.05, 4.69) is 26.7 Å². The number of nitrogens with one attached hydrogen (secondary N) is 2. The van der Waals surface area contributed by atoms with Crippen LogP contribution in [0.1, 0.15) is 17.0 Å². The van der Waals surface area contributed by atoms with Crippen molar-refractivity contribution in [2.24, 2.45) is 5.92 Å². The minimum absolute atomic E-state index is 0.0432. The summed E-state index contributed by atoms with van der Waals surface area (Å²) in [6.07, 6.45) is 4.18. The van der Waals surface area contributed by atoms with Crippen LogP contribution in [0.2, 0.25) is 0 Å². The Labute approximate surface area is 123 Å². The van der Waals surface area contributed by atoms with E-state index < -0.39 is 0 Å². The summed E-state index contributed by atoms with van der Waals surface area (Å²) in [5, 5.41) is 6.25. The highest BCUT2D eigenvalue weighted by Crippen LogP contribution is 2.24. The van der Waals surface area contributed by atoms with E-state index in [4.69, 9.17) is 0 Å². The summed E-state index contributed by atoms with van der Waals surface area (Å²) in [5.41, 5.74) is 3.97. The maximum Gasteiger partial charge on any atom is 0.225 e. The van der Waals surface area contributed by atoms with Crippen molar-refractivity contribution in [1.82, 2.24) is 15.3 Å². The predicted octanol–water partition coefficient (Wildman–Crippen LogP) is 1.69. The zero-order chi connectivity index (χ0) is 14.7. The summed E-state index contributed by atoms with van der Waals surface area (Å²) in [6, 6.07) is 8.11. The number of benzene rings is 1. The van der Waals surface area contributed by atoms with E-state index in [0.29, 0.717) is 13.1 Å². The highest BCUT2D eigenvalue weighted by atomic mass is 16.1. The number of amides is 1. The van der Waals surface area contributed by atoms with Crippen molar-refractivity contribution in [3.8, 4) is 0 Å². The molecule has 1 amide bonds. The average Bonchev–Trinajstić information content (AvgIpc) is 2.53. The molecule has 1 aromatic heterocycles. The number of para-hydroxylation sites is 1. The van der Waals surface area contributed by atoms with Crippen LogP contribution in [0.25, 0.3) is 0 Å². The summed E-state index contributed by atoms with van der Waals surface area (Å²) in [5.74, 6) is 0.0117. The van der Waals surface area contributed by atoms with Crippen LogP contribution >= 0.6 is 0 Å². The first-order valence-corrected chi connectivity index (χ1v) is 7.09. The molecule has 0 bridgehead atoms. The van der Waals surface area contributed by atoms with Crippen molar-refractivity contribution in [2.45, 2.75) is 19.9 Å². The molecular formula is C16H18N4O. The minimum atomic E-state index is -0.0432. The van der Waals surface area contributed by atoms with Gasteiger partial charge in [0.15, 0.2) is 0 Å². The normalized spacial score (nSPS) is 16.7. The number of anilines is 1. The van der Waals surface area contributed by atoms with Crippen LogP contribution in [0.15, 0.2) is 36.7 Å². The van der Waals surface area contributed by atoms with Gasteiger partial charge in [-0.2, -0.15) is 0 Å². The molecular weight excluding hydrogens is 264 g/mol. The Bertz CT molecular complexity index is 639. The monoisotopic (exact) mass is 282 g/mol. The van der Waals surface area contributed by atoms with Crippen LogP contribution in [-0.2, 0) is 17.8 Å². The number of hydrogen-bond acceptors (Lipinski definition) is 4. The molecule has 108 valence electrons. The largest absolute Gasteiger partial charge is 0.384 e. The molecule has 0 fully saturated rings. The second-order valence-corrected chi connectivity index (χ2v) is 5.31. The zero-order valence-electron chi connectivity index (χ0n) is 12.0.